The molecular formula is C7H14N4O4. The lowest BCUT2D eigenvalue weighted by atomic mass is 9.89. The third-order valence-corrected chi connectivity index (χ3v) is 2.54. The maximum absolute atomic E-state index is 10.1. The van der Waals surface area contributed by atoms with Gasteiger partial charge >= 0.3 is 0 Å². The van der Waals surface area contributed by atoms with Crippen LogP contribution in [0, 0.1) is 10.8 Å². The number of nitroso groups, excluding NO2 is 1. The first-order valence-corrected chi connectivity index (χ1v) is 4.52. The summed E-state index contributed by atoms with van der Waals surface area (Å²) in [5.74, 6) is 4.46. The minimum atomic E-state index is -1.32. The zero-order valence-corrected chi connectivity index (χ0v) is 8.22. The van der Waals surface area contributed by atoms with Crippen molar-refractivity contribution in [3.05, 3.63) is 4.91 Å². The summed E-state index contributed by atoms with van der Waals surface area (Å²) >= 11 is 0. The van der Waals surface area contributed by atoms with Crippen molar-refractivity contribution in [1.29, 1.82) is 0 Å². The van der Waals surface area contributed by atoms with Crippen LogP contribution in [-0.2, 0) is 4.74 Å². The number of aliphatic hydroxyl groups is 2. The molecule has 4 N–H and O–H groups in total. The first kappa shape index (κ1) is 12.0. The van der Waals surface area contributed by atoms with E-state index >= 15 is 0 Å². The molecule has 1 fully saturated rings. The summed E-state index contributed by atoms with van der Waals surface area (Å²) in [6.07, 6.45) is -2.90. The fourth-order valence-corrected chi connectivity index (χ4v) is 1.57. The van der Waals surface area contributed by atoms with Gasteiger partial charge in [0, 0.05) is 5.92 Å². The van der Waals surface area contributed by atoms with Crippen LogP contribution in [0.2, 0.25) is 0 Å². The Morgan fingerprint density at radius 1 is 1.47 bits per heavy atom. The number of nitrogens with zero attached hydrogens (tertiary/aromatic N) is 3. The van der Waals surface area contributed by atoms with Gasteiger partial charge in [0.15, 0.2) is 6.29 Å². The molecule has 8 nitrogen and oxygen atoms in total. The molecule has 0 radical (unpaired) electrons. The van der Waals surface area contributed by atoms with Crippen molar-refractivity contribution in [3.63, 3.8) is 0 Å². The lowest BCUT2D eigenvalue weighted by molar-refractivity contribution is -0.219. The van der Waals surface area contributed by atoms with E-state index in [2.05, 4.69) is 15.5 Å². The largest absolute Gasteiger partial charge is 0.390 e. The second-order valence-corrected chi connectivity index (χ2v) is 3.45. The Bertz CT molecular complexity index is 249. The summed E-state index contributed by atoms with van der Waals surface area (Å²) in [7, 11) is 0. The van der Waals surface area contributed by atoms with Gasteiger partial charge < -0.3 is 20.8 Å². The van der Waals surface area contributed by atoms with E-state index in [0.717, 1.165) is 0 Å². The molecule has 0 spiro atoms. The summed E-state index contributed by atoms with van der Waals surface area (Å²) in [5.41, 5.74) is 0. The Morgan fingerprint density at radius 2 is 2.13 bits per heavy atom. The van der Waals surface area contributed by atoms with Crippen LogP contribution >= 0.6 is 0 Å². The number of rotatable bonds is 3. The van der Waals surface area contributed by atoms with Gasteiger partial charge in [0.25, 0.3) is 0 Å². The molecule has 0 amide bonds. The lowest BCUT2D eigenvalue weighted by Gasteiger charge is -2.38. The average Bonchev–Trinajstić information content (AvgIpc) is 2.21. The van der Waals surface area contributed by atoms with E-state index in [1.54, 1.807) is 6.92 Å². The fourth-order valence-electron chi connectivity index (χ4n) is 1.57. The highest BCUT2D eigenvalue weighted by Gasteiger charge is 2.42. The average molecular weight is 218 g/mol. The number of ether oxygens (including phenoxy) is 1. The van der Waals surface area contributed by atoms with Gasteiger partial charge in [-0.1, -0.05) is 17.3 Å². The minimum Gasteiger partial charge on any atom is -0.390 e. The molecule has 0 aromatic heterocycles. The van der Waals surface area contributed by atoms with Crippen molar-refractivity contribution in [2.45, 2.75) is 31.5 Å². The van der Waals surface area contributed by atoms with E-state index in [-0.39, 0.29) is 12.5 Å². The number of aliphatic hydroxyl groups excluding tert-OH is 2. The Labute approximate surface area is 86.1 Å². The highest BCUT2D eigenvalue weighted by atomic mass is 16.6. The first-order valence-electron chi connectivity index (χ1n) is 4.52. The smallest absolute Gasteiger partial charge is 0.182 e. The Balaban J connectivity index is 2.73. The van der Waals surface area contributed by atoms with Gasteiger partial charge in [0.1, 0.15) is 12.6 Å². The van der Waals surface area contributed by atoms with E-state index in [1.807, 2.05) is 0 Å². The SMILES string of the molecule is C[C@@H]1C(CN=O)O[C@H](O)C(N=NN)[C@H]1O. The molecule has 0 saturated carbocycles. The highest BCUT2D eigenvalue weighted by Crippen LogP contribution is 2.27. The molecular weight excluding hydrogens is 204 g/mol. The second-order valence-electron chi connectivity index (χ2n) is 3.45. The molecule has 1 heterocycles. The predicted molar refractivity (Wildman–Crippen MR) is 49.5 cm³/mol. The number of hydrogen-bond donors (Lipinski definition) is 3. The zero-order chi connectivity index (χ0) is 11.4. The minimum absolute atomic E-state index is 0.123. The van der Waals surface area contributed by atoms with Gasteiger partial charge in [-0.25, -0.2) is 0 Å². The van der Waals surface area contributed by atoms with E-state index in [1.165, 1.54) is 0 Å². The van der Waals surface area contributed by atoms with Gasteiger partial charge in [-0.3, -0.25) is 0 Å². The predicted octanol–water partition coefficient (Wildman–Crippen LogP) is -0.839. The molecule has 2 unspecified atom stereocenters. The maximum atomic E-state index is 10.1. The topological polar surface area (TPSA) is 130 Å². The zero-order valence-electron chi connectivity index (χ0n) is 8.22. The molecule has 0 aromatic rings. The molecule has 8 heteroatoms. The number of hydrogen-bond acceptors (Lipinski definition) is 7. The van der Waals surface area contributed by atoms with Crippen LogP contribution in [-0.4, -0.2) is 41.3 Å². The molecule has 5 atom stereocenters. The Hall–Kier alpha value is -1.12. The van der Waals surface area contributed by atoms with Crippen LogP contribution < -0.4 is 5.84 Å². The van der Waals surface area contributed by atoms with Gasteiger partial charge in [0.05, 0.1) is 12.2 Å². The van der Waals surface area contributed by atoms with Crippen LogP contribution in [0.5, 0.6) is 0 Å². The van der Waals surface area contributed by atoms with Crippen LogP contribution in [0.4, 0.5) is 0 Å². The van der Waals surface area contributed by atoms with Crippen molar-refractivity contribution in [3.8, 4) is 0 Å². The molecule has 1 rings (SSSR count). The molecule has 1 aliphatic heterocycles. The van der Waals surface area contributed by atoms with Crippen LogP contribution in [0.1, 0.15) is 6.92 Å². The highest BCUT2D eigenvalue weighted by molar-refractivity contribution is 4.90. The van der Waals surface area contributed by atoms with E-state index in [9.17, 15) is 15.1 Å². The van der Waals surface area contributed by atoms with E-state index in [4.69, 9.17) is 10.6 Å². The molecule has 1 aliphatic rings. The van der Waals surface area contributed by atoms with Gasteiger partial charge in [-0.15, -0.1) is 0 Å². The first-order chi connectivity index (χ1) is 7.11. The Kier molecular flexibility index (Phi) is 4.06. The summed E-state index contributed by atoms with van der Waals surface area (Å²) in [6.45, 7) is 1.55. The summed E-state index contributed by atoms with van der Waals surface area (Å²) < 4.78 is 5.07. The van der Waals surface area contributed by atoms with E-state index < -0.39 is 24.5 Å². The molecule has 1 saturated heterocycles. The summed E-state index contributed by atoms with van der Waals surface area (Å²) in [4.78, 5) is 10.1. The quantitative estimate of drug-likeness (QED) is 0.246. The molecule has 0 aromatic carbocycles. The number of nitrogens with two attached hydrogens (primary N) is 1. The lowest BCUT2D eigenvalue weighted by Crippen LogP contribution is -2.53. The van der Waals surface area contributed by atoms with Gasteiger partial charge in [0.2, 0.25) is 0 Å². The van der Waals surface area contributed by atoms with Crippen LogP contribution in [0.15, 0.2) is 15.5 Å². The van der Waals surface area contributed by atoms with Crippen LogP contribution in [0.3, 0.4) is 0 Å². The normalized spacial score (nSPS) is 41.9. The van der Waals surface area contributed by atoms with Crippen molar-refractivity contribution >= 4 is 0 Å². The summed E-state index contributed by atoms with van der Waals surface area (Å²) in [6, 6.07) is -0.923. The van der Waals surface area contributed by atoms with Gasteiger partial charge in [-0.2, -0.15) is 10.0 Å². The van der Waals surface area contributed by atoms with Gasteiger partial charge in [-0.05, 0) is 0 Å². The second kappa shape index (κ2) is 5.10. The van der Waals surface area contributed by atoms with Crippen molar-refractivity contribution in [2.75, 3.05) is 6.54 Å². The van der Waals surface area contributed by atoms with Crippen molar-refractivity contribution in [2.24, 2.45) is 27.3 Å². The van der Waals surface area contributed by atoms with Crippen molar-refractivity contribution < 1.29 is 14.9 Å². The molecule has 0 aliphatic carbocycles. The molecule has 86 valence electrons. The van der Waals surface area contributed by atoms with E-state index in [0.29, 0.717) is 0 Å². The molecule has 0 bridgehead atoms. The third-order valence-electron chi connectivity index (χ3n) is 2.54. The van der Waals surface area contributed by atoms with Crippen molar-refractivity contribution in [1.82, 2.24) is 0 Å². The molecule has 15 heavy (non-hydrogen) atoms. The fraction of sp³-hybridized carbons (Fsp3) is 1.00. The standard InChI is InChI=1S/C7H14N4O4/c1-3-4(2-9-14)15-7(13)5(6(3)12)10-11-8/h3-7,12-13H,2H2,1H3,(H2,8,10)/t3-,4?,5?,6+,7+/m1/s1. The van der Waals surface area contributed by atoms with Crippen LogP contribution in [0.25, 0.3) is 0 Å². The maximum Gasteiger partial charge on any atom is 0.182 e. The monoisotopic (exact) mass is 218 g/mol. The summed E-state index contributed by atoms with van der Waals surface area (Å²) in [5, 5.41) is 28.3. The third kappa shape index (κ3) is 2.46. The Morgan fingerprint density at radius 3 is 2.67 bits per heavy atom.